The third-order valence-electron chi connectivity index (χ3n) is 4.82. The Morgan fingerprint density at radius 3 is 2.73 bits per heavy atom. The lowest BCUT2D eigenvalue weighted by Crippen LogP contribution is -2.44. The van der Waals surface area contributed by atoms with Gasteiger partial charge in [-0.3, -0.25) is 5.32 Å². The molecule has 3 rings (SSSR count). The van der Waals surface area contributed by atoms with Crippen molar-refractivity contribution >= 4 is 23.3 Å². The fourth-order valence-corrected chi connectivity index (χ4v) is 3.13. The van der Waals surface area contributed by atoms with Crippen LogP contribution in [0.5, 0.6) is 0 Å². The lowest BCUT2D eigenvalue weighted by Gasteiger charge is -2.29. The molecule has 0 aliphatic carbocycles. The van der Waals surface area contributed by atoms with E-state index in [1.54, 1.807) is 19.2 Å². The molecule has 1 aromatic rings. The van der Waals surface area contributed by atoms with Gasteiger partial charge >= 0.3 is 12.3 Å². The predicted octanol–water partition coefficient (Wildman–Crippen LogP) is 3.35. The van der Waals surface area contributed by atoms with Crippen LogP contribution in [0.4, 0.5) is 23.8 Å². The van der Waals surface area contributed by atoms with E-state index >= 15 is 0 Å². The van der Waals surface area contributed by atoms with Crippen LogP contribution >= 0.6 is 0 Å². The highest BCUT2D eigenvalue weighted by atomic mass is 19.4. The van der Waals surface area contributed by atoms with E-state index in [0.717, 1.165) is 18.6 Å². The van der Waals surface area contributed by atoms with Crippen LogP contribution in [0.15, 0.2) is 35.0 Å². The third-order valence-corrected chi connectivity index (χ3v) is 4.82. The number of carbonyl (C=O) groups excluding carboxylic acids is 1. The Hall–Kier alpha value is -2.88. The summed E-state index contributed by atoms with van der Waals surface area (Å²) in [6.07, 6.45) is -1.08. The topological polar surface area (TPSA) is 78.8 Å². The Morgan fingerprint density at radius 2 is 2.07 bits per heavy atom. The lowest BCUT2D eigenvalue weighted by atomic mass is 10.0. The van der Waals surface area contributed by atoms with Gasteiger partial charge in [-0.15, -0.1) is 0 Å². The maximum atomic E-state index is 13.6. The van der Waals surface area contributed by atoms with E-state index < -0.39 is 17.8 Å². The van der Waals surface area contributed by atoms with Crippen molar-refractivity contribution in [2.45, 2.75) is 26.4 Å². The number of hydrogen-bond acceptors (Lipinski definition) is 6. The van der Waals surface area contributed by atoms with Crippen LogP contribution in [-0.4, -0.2) is 49.7 Å². The Labute approximate surface area is 172 Å². The molecule has 0 saturated carbocycles. The Kier molecular flexibility index (Phi) is 6.76. The minimum Gasteiger partial charge on any atom is -0.444 e. The van der Waals surface area contributed by atoms with Gasteiger partial charge in [-0.25, -0.2) is 14.8 Å². The van der Waals surface area contributed by atoms with Gasteiger partial charge in [-0.05, 0) is 31.1 Å². The van der Waals surface area contributed by atoms with E-state index in [0.29, 0.717) is 37.3 Å². The number of anilines is 1. The molecule has 2 N–H and O–H groups in total. The van der Waals surface area contributed by atoms with Gasteiger partial charge < -0.3 is 15.0 Å². The van der Waals surface area contributed by atoms with Crippen molar-refractivity contribution in [3.05, 3.63) is 41.2 Å². The van der Waals surface area contributed by atoms with Crippen LogP contribution in [0.2, 0.25) is 0 Å². The first kappa shape index (κ1) is 21.8. The third kappa shape index (κ3) is 5.18. The monoisotopic (exact) mass is 423 g/mol. The standard InChI is InChI=1S/C20H24F3N5O2/c1-3-4-5-25-18-15(12-30-19(29)27-18)13(2)16-10-14(20(21,22)23)11-17(26-16)28-8-6-24-7-9-28/h4-5,10-11,24H,3,6-9,12H2,1-2H3,(H,25,27,29)/b5-4+,15-13+. The van der Waals surface area contributed by atoms with Gasteiger partial charge in [-0.1, -0.05) is 13.0 Å². The average molecular weight is 423 g/mol. The molecule has 1 amide bonds. The van der Waals surface area contributed by atoms with Crippen LogP contribution in [0, 0.1) is 0 Å². The number of rotatable bonds is 4. The first-order valence-corrected chi connectivity index (χ1v) is 9.71. The molecule has 2 aliphatic rings. The number of amidine groups is 1. The molecule has 1 aromatic heterocycles. The molecule has 0 aromatic carbocycles. The molecule has 162 valence electrons. The fourth-order valence-electron chi connectivity index (χ4n) is 3.13. The lowest BCUT2D eigenvalue weighted by molar-refractivity contribution is -0.137. The van der Waals surface area contributed by atoms with Crippen molar-refractivity contribution in [2.24, 2.45) is 4.99 Å². The van der Waals surface area contributed by atoms with Crippen molar-refractivity contribution in [1.82, 2.24) is 15.6 Å². The highest BCUT2D eigenvalue weighted by Gasteiger charge is 2.33. The number of alkyl carbamates (subject to hydrolysis) is 1. The zero-order chi connectivity index (χ0) is 21.7. The zero-order valence-electron chi connectivity index (χ0n) is 16.8. The zero-order valence-corrected chi connectivity index (χ0v) is 16.8. The van der Waals surface area contributed by atoms with Gasteiger partial charge in [0.2, 0.25) is 0 Å². The number of piperazine rings is 1. The van der Waals surface area contributed by atoms with E-state index in [9.17, 15) is 18.0 Å². The van der Waals surface area contributed by atoms with Gasteiger partial charge in [-0.2, -0.15) is 13.2 Å². The van der Waals surface area contributed by atoms with E-state index in [1.807, 2.05) is 11.8 Å². The van der Waals surface area contributed by atoms with Crippen molar-refractivity contribution in [3.63, 3.8) is 0 Å². The number of halogens is 3. The molecule has 0 bridgehead atoms. The number of alkyl halides is 3. The van der Waals surface area contributed by atoms with Gasteiger partial charge in [0.15, 0.2) is 0 Å². The van der Waals surface area contributed by atoms with Gasteiger partial charge in [0.1, 0.15) is 18.3 Å². The van der Waals surface area contributed by atoms with Gasteiger partial charge in [0, 0.05) is 38.0 Å². The largest absolute Gasteiger partial charge is 0.444 e. The summed E-state index contributed by atoms with van der Waals surface area (Å²) in [5.41, 5.74) is 0.334. The van der Waals surface area contributed by atoms with Crippen molar-refractivity contribution in [3.8, 4) is 0 Å². The number of carbonyl (C=O) groups is 1. The summed E-state index contributed by atoms with van der Waals surface area (Å²) in [5.74, 6) is 0.516. The maximum absolute atomic E-state index is 13.6. The number of cyclic esters (lactones) is 1. The Balaban J connectivity index is 2.08. The highest BCUT2D eigenvalue weighted by molar-refractivity contribution is 6.12. The van der Waals surface area contributed by atoms with Crippen LogP contribution in [0.3, 0.4) is 0 Å². The fraction of sp³-hybridized carbons (Fsp3) is 0.450. The van der Waals surface area contributed by atoms with Gasteiger partial charge in [0.05, 0.1) is 11.3 Å². The molecule has 0 atom stereocenters. The molecule has 7 nitrogen and oxygen atoms in total. The molecule has 0 radical (unpaired) electrons. The van der Waals surface area contributed by atoms with E-state index in [2.05, 4.69) is 20.6 Å². The number of ether oxygens (including phenoxy) is 1. The maximum Gasteiger partial charge on any atom is 0.416 e. The average Bonchev–Trinajstić information content (AvgIpc) is 2.73. The normalized spacial score (nSPS) is 21.0. The number of pyridine rings is 1. The Morgan fingerprint density at radius 1 is 1.33 bits per heavy atom. The van der Waals surface area contributed by atoms with Crippen LogP contribution < -0.4 is 15.5 Å². The molecule has 0 unspecified atom stereocenters. The van der Waals surface area contributed by atoms with E-state index in [-0.39, 0.29) is 24.0 Å². The number of aliphatic imine (C=N–C) groups is 1. The summed E-state index contributed by atoms with van der Waals surface area (Å²) in [6.45, 7) is 5.97. The quantitative estimate of drug-likeness (QED) is 0.777. The van der Waals surface area contributed by atoms with Crippen LogP contribution in [0.1, 0.15) is 31.5 Å². The molecule has 3 heterocycles. The summed E-state index contributed by atoms with van der Waals surface area (Å²) in [7, 11) is 0. The molecular formula is C20H24F3N5O2. The van der Waals surface area contributed by atoms with Crippen LogP contribution in [-0.2, 0) is 10.9 Å². The van der Waals surface area contributed by atoms with Gasteiger partial charge in [0.25, 0.3) is 0 Å². The second-order valence-corrected chi connectivity index (χ2v) is 6.91. The summed E-state index contributed by atoms with van der Waals surface area (Å²) in [4.78, 5) is 22.2. The second-order valence-electron chi connectivity index (χ2n) is 6.91. The molecule has 2 fully saturated rings. The predicted molar refractivity (Wildman–Crippen MR) is 108 cm³/mol. The van der Waals surface area contributed by atoms with Crippen molar-refractivity contribution < 1.29 is 22.7 Å². The number of nitrogens with one attached hydrogen (secondary N) is 2. The summed E-state index contributed by atoms with van der Waals surface area (Å²) in [5, 5.41) is 5.68. The molecule has 2 saturated heterocycles. The molecule has 10 heteroatoms. The summed E-state index contributed by atoms with van der Waals surface area (Å²) in [6, 6.07) is 2.09. The minimum atomic E-state index is -4.51. The number of aromatic nitrogens is 1. The molecular weight excluding hydrogens is 399 g/mol. The smallest absolute Gasteiger partial charge is 0.416 e. The van der Waals surface area contributed by atoms with E-state index in [4.69, 9.17) is 4.74 Å². The van der Waals surface area contributed by atoms with E-state index in [1.165, 1.54) is 0 Å². The molecule has 2 aliphatic heterocycles. The number of hydrogen-bond donors (Lipinski definition) is 2. The van der Waals surface area contributed by atoms with Crippen molar-refractivity contribution in [1.29, 1.82) is 0 Å². The highest BCUT2D eigenvalue weighted by Crippen LogP contribution is 2.34. The second kappa shape index (κ2) is 9.29. The molecule has 0 spiro atoms. The Bertz CT molecular complexity index is 887. The van der Waals surface area contributed by atoms with Crippen LogP contribution in [0.25, 0.3) is 5.57 Å². The number of nitrogens with zero attached hydrogens (tertiary/aromatic N) is 3. The van der Waals surface area contributed by atoms with Crippen molar-refractivity contribution in [2.75, 3.05) is 37.7 Å². The number of amides is 1. The minimum absolute atomic E-state index is 0.0998. The summed E-state index contributed by atoms with van der Waals surface area (Å²) >= 11 is 0. The first-order valence-electron chi connectivity index (χ1n) is 9.71. The first-order chi connectivity index (χ1) is 14.3. The molecule has 30 heavy (non-hydrogen) atoms. The number of allylic oxidation sites excluding steroid dienone is 2. The SMILES string of the molecule is CC/C=C/N=C1\NC(=O)OC\C1=C(\C)c1cc(C(F)(F)F)cc(N2CCNCC2)n1. The summed E-state index contributed by atoms with van der Waals surface area (Å²) < 4.78 is 45.7.